The highest BCUT2D eigenvalue weighted by Gasteiger charge is 2.31. The van der Waals surface area contributed by atoms with Gasteiger partial charge >= 0.3 is 0 Å². The number of carbonyl (C=O) groups excluding carboxylic acids is 1. The average Bonchev–Trinajstić information content (AvgIpc) is 3.47. The van der Waals surface area contributed by atoms with Crippen LogP contribution in [0.15, 0.2) is 55.0 Å². The van der Waals surface area contributed by atoms with Gasteiger partial charge in [-0.2, -0.15) is 5.10 Å². The topological polar surface area (TPSA) is 71.7 Å². The summed E-state index contributed by atoms with van der Waals surface area (Å²) in [5.74, 6) is -0.0164. The van der Waals surface area contributed by atoms with Gasteiger partial charge in [0.1, 0.15) is 0 Å². The summed E-state index contributed by atoms with van der Waals surface area (Å²) in [5.41, 5.74) is 4.58. The van der Waals surface area contributed by atoms with Crippen LogP contribution in [0.5, 0.6) is 0 Å². The number of nitrogens with zero attached hydrogens (tertiary/aromatic N) is 5. The number of hydrogen-bond donors (Lipinski definition) is 1. The molecule has 1 aliphatic rings. The third-order valence-electron chi connectivity index (χ3n) is 5.53. The molecule has 7 heteroatoms. The molecule has 1 N–H and O–H groups in total. The second-order valence-electron chi connectivity index (χ2n) is 7.19. The predicted molar refractivity (Wildman–Crippen MR) is 106 cm³/mol. The second-order valence-corrected chi connectivity index (χ2v) is 7.19. The first-order valence-electron chi connectivity index (χ1n) is 9.64. The van der Waals surface area contributed by atoms with Crippen LogP contribution in [0.4, 0.5) is 0 Å². The first kappa shape index (κ1) is 16.8. The number of para-hydroxylation sites is 2. The molecule has 0 saturated heterocycles. The maximum atomic E-state index is 13.1. The van der Waals surface area contributed by atoms with E-state index in [1.165, 1.54) is 5.69 Å². The molecule has 0 spiro atoms. The van der Waals surface area contributed by atoms with Crippen LogP contribution in [-0.2, 0) is 13.1 Å². The maximum Gasteiger partial charge on any atom is 0.274 e. The number of aromatic amines is 1. The van der Waals surface area contributed by atoms with Crippen LogP contribution in [-0.4, -0.2) is 41.7 Å². The van der Waals surface area contributed by atoms with Gasteiger partial charge in [0.15, 0.2) is 5.69 Å². The van der Waals surface area contributed by atoms with Gasteiger partial charge < -0.3 is 14.0 Å². The Bertz CT molecular complexity index is 1140. The van der Waals surface area contributed by atoms with Crippen molar-refractivity contribution in [3.05, 3.63) is 72.1 Å². The average molecular weight is 374 g/mol. The first-order chi connectivity index (χ1) is 13.7. The van der Waals surface area contributed by atoms with Crippen molar-refractivity contribution < 1.29 is 4.79 Å². The Morgan fingerprint density at radius 3 is 3.00 bits per heavy atom. The van der Waals surface area contributed by atoms with Gasteiger partial charge in [0.2, 0.25) is 0 Å². The van der Waals surface area contributed by atoms with Gasteiger partial charge in [0.05, 0.1) is 35.6 Å². The lowest BCUT2D eigenvalue weighted by Crippen LogP contribution is -2.41. The smallest absolute Gasteiger partial charge is 0.274 e. The number of carbonyl (C=O) groups is 1. The number of amides is 1. The number of aromatic nitrogens is 5. The van der Waals surface area contributed by atoms with Crippen LogP contribution < -0.4 is 0 Å². The van der Waals surface area contributed by atoms with Crippen LogP contribution in [0.25, 0.3) is 11.0 Å². The van der Waals surface area contributed by atoms with Crippen molar-refractivity contribution in [3.8, 4) is 0 Å². The summed E-state index contributed by atoms with van der Waals surface area (Å²) in [4.78, 5) is 19.5. The van der Waals surface area contributed by atoms with E-state index in [9.17, 15) is 4.79 Å². The zero-order chi connectivity index (χ0) is 19.1. The summed E-state index contributed by atoms with van der Waals surface area (Å²) in [6.45, 7) is 4.24. The van der Waals surface area contributed by atoms with Crippen molar-refractivity contribution in [1.29, 1.82) is 0 Å². The highest BCUT2D eigenvalue weighted by molar-refractivity contribution is 5.92. The van der Waals surface area contributed by atoms with E-state index in [1.807, 2.05) is 47.6 Å². The lowest BCUT2D eigenvalue weighted by molar-refractivity contribution is 0.0611. The standard InChI is InChI=1S/C21H22N6O/c1-2-18-20-8-5-9-25(20)10-11-27(18)21(28)17-12-15(23-24-17)13-26-14-22-16-6-3-4-7-19(16)26/h3-9,12,14,18H,2,10-11,13H2,1H3,(H,23,24)/t18-/m0/s1. The van der Waals surface area contributed by atoms with Crippen molar-refractivity contribution >= 4 is 16.9 Å². The molecule has 1 atom stereocenters. The first-order valence-corrected chi connectivity index (χ1v) is 9.64. The molecule has 7 nitrogen and oxygen atoms in total. The van der Waals surface area contributed by atoms with Gasteiger partial charge in [-0.05, 0) is 36.8 Å². The number of benzene rings is 1. The van der Waals surface area contributed by atoms with E-state index in [2.05, 4.69) is 43.5 Å². The van der Waals surface area contributed by atoms with E-state index in [-0.39, 0.29) is 11.9 Å². The zero-order valence-corrected chi connectivity index (χ0v) is 15.7. The Balaban J connectivity index is 1.38. The second kappa shape index (κ2) is 6.67. The number of fused-ring (bicyclic) bond motifs is 2. The summed E-state index contributed by atoms with van der Waals surface area (Å²) in [5, 5.41) is 7.33. The number of nitrogens with one attached hydrogen (secondary N) is 1. The van der Waals surface area contributed by atoms with Gasteiger partial charge in [0.25, 0.3) is 5.91 Å². The van der Waals surface area contributed by atoms with Crippen molar-refractivity contribution in [2.75, 3.05) is 6.54 Å². The molecule has 0 unspecified atom stereocenters. The highest BCUT2D eigenvalue weighted by Crippen LogP contribution is 2.29. The third-order valence-corrected chi connectivity index (χ3v) is 5.53. The lowest BCUT2D eigenvalue weighted by Gasteiger charge is -2.36. The van der Waals surface area contributed by atoms with E-state index in [0.29, 0.717) is 18.8 Å². The molecule has 0 aliphatic carbocycles. The van der Waals surface area contributed by atoms with Gasteiger partial charge in [-0.1, -0.05) is 19.1 Å². The van der Waals surface area contributed by atoms with E-state index < -0.39 is 0 Å². The minimum Gasteiger partial charge on any atom is -0.348 e. The Hall–Kier alpha value is -3.35. The summed E-state index contributed by atoms with van der Waals surface area (Å²) >= 11 is 0. The zero-order valence-electron chi connectivity index (χ0n) is 15.7. The molecular formula is C21H22N6O. The fourth-order valence-corrected chi connectivity index (χ4v) is 4.16. The van der Waals surface area contributed by atoms with Crippen molar-refractivity contribution in [3.63, 3.8) is 0 Å². The molecule has 1 amide bonds. The molecule has 28 heavy (non-hydrogen) atoms. The van der Waals surface area contributed by atoms with Crippen molar-refractivity contribution in [1.82, 2.24) is 29.2 Å². The van der Waals surface area contributed by atoms with Gasteiger partial charge in [-0.25, -0.2) is 4.98 Å². The molecule has 3 aromatic heterocycles. The van der Waals surface area contributed by atoms with E-state index in [4.69, 9.17) is 0 Å². The van der Waals surface area contributed by atoms with Crippen LogP contribution in [0, 0.1) is 0 Å². The van der Waals surface area contributed by atoms with Crippen LogP contribution >= 0.6 is 0 Å². The number of hydrogen-bond acceptors (Lipinski definition) is 3. The van der Waals surface area contributed by atoms with E-state index >= 15 is 0 Å². The number of H-pyrrole nitrogens is 1. The molecular weight excluding hydrogens is 352 g/mol. The normalized spacial score (nSPS) is 16.5. The van der Waals surface area contributed by atoms with Crippen molar-refractivity contribution in [2.45, 2.75) is 32.5 Å². The quantitative estimate of drug-likeness (QED) is 0.596. The molecule has 1 aliphatic heterocycles. The molecule has 0 saturated carbocycles. The molecule has 0 radical (unpaired) electrons. The third kappa shape index (κ3) is 2.70. The van der Waals surface area contributed by atoms with Crippen LogP contribution in [0.2, 0.25) is 0 Å². The van der Waals surface area contributed by atoms with Gasteiger partial charge in [0, 0.05) is 25.0 Å². The van der Waals surface area contributed by atoms with E-state index in [0.717, 1.165) is 29.7 Å². The minimum atomic E-state index is -0.0164. The molecule has 4 aromatic rings. The molecule has 142 valence electrons. The molecule has 4 heterocycles. The molecule has 5 rings (SSSR count). The SMILES string of the molecule is CC[C@H]1c2cccn2CCN1C(=O)c1cc(Cn2cnc3ccccc32)[nH]n1. The highest BCUT2D eigenvalue weighted by atomic mass is 16.2. The van der Waals surface area contributed by atoms with Crippen LogP contribution in [0.1, 0.15) is 41.3 Å². The Morgan fingerprint density at radius 2 is 2.11 bits per heavy atom. The summed E-state index contributed by atoms with van der Waals surface area (Å²) in [6, 6.07) is 14.1. The predicted octanol–water partition coefficient (Wildman–Crippen LogP) is 3.22. The lowest BCUT2D eigenvalue weighted by atomic mass is 10.1. The number of imidazole rings is 1. The fraction of sp³-hybridized carbons (Fsp3) is 0.286. The number of rotatable bonds is 4. The summed E-state index contributed by atoms with van der Waals surface area (Å²) < 4.78 is 4.29. The van der Waals surface area contributed by atoms with E-state index in [1.54, 1.807) is 0 Å². The van der Waals surface area contributed by atoms with Crippen LogP contribution in [0.3, 0.4) is 0 Å². The largest absolute Gasteiger partial charge is 0.348 e. The molecule has 0 fully saturated rings. The Kier molecular flexibility index (Phi) is 4.00. The maximum absolute atomic E-state index is 13.1. The Labute approximate surface area is 162 Å². The molecule has 1 aromatic carbocycles. The summed E-state index contributed by atoms with van der Waals surface area (Å²) in [7, 11) is 0. The van der Waals surface area contributed by atoms with Gasteiger partial charge in [-0.15, -0.1) is 0 Å². The van der Waals surface area contributed by atoms with Crippen molar-refractivity contribution in [2.24, 2.45) is 0 Å². The summed E-state index contributed by atoms with van der Waals surface area (Å²) in [6.07, 6.45) is 4.79. The molecule has 0 bridgehead atoms. The van der Waals surface area contributed by atoms with Gasteiger partial charge in [-0.3, -0.25) is 9.89 Å². The fourth-order valence-electron chi connectivity index (χ4n) is 4.16. The monoisotopic (exact) mass is 374 g/mol. The Morgan fingerprint density at radius 1 is 1.21 bits per heavy atom. The minimum absolute atomic E-state index is 0.0164.